The maximum atomic E-state index is 13.9. The van der Waals surface area contributed by atoms with E-state index in [2.05, 4.69) is 15.3 Å². The number of anilines is 1. The first kappa shape index (κ1) is 25.1. The van der Waals surface area contributed by atoms with Gasteiger partial charge in [0.15, 0.2) is 0 Å². The molecule has 4 aromatic rings. The van der Waals surface area contributed by atoms with Crippen LogP contribution >= 0.6 is 0 Å². The van der Waals surface area contributed by atoms with Crippen molar-refractivity contribution in [3.8, 4) is 5.69 Å². The predicted octanol–water partition coefficient (Wildman–Crippen LogP) is 4.29. The van der Waals surface area contributed by atoms with Gasteiger partial charge in [0.1, 0.15) is 17.6 Å². The molecule has 0 unspecified atom stereocenters. The van der Waals surface area contributed by atoms with Gasteiger partial charge in [0, 0.05) is 24.2 Å². The van der Waals surface area contributed by atoms with E-state index in [9.17, 15) is 22.8 Å². The highest BCUT2D eigenvalue weighted by atomic mass is 19.4. The Kier molecular flexibility index (Phi) is 6.43. The number of nitrogens with one attached hydrogen (secondary N) is 1. The van der Waals surface area contributed by atoms with Crippen LogP contribution in [-0.4, -0.2) is 44.1 Å². The maximum absolute atomic E-state index is 13.9. The summed E-state index contributed by atoms with van der Waals surface area (Å²) >= 11 is 0. The molecule has 0 radical (unpaired) electrons. The van der Waals surface area contributed by atoms with E-state index in [1.54, 1.807) is 11.6 Å². The van der Waals surface area contributed by atoms with Crippen LogP contribution in [0.5, 0.6) is 0 Å². The van der Waals surface area contributed by atoms with E-state index in [-0.39, 0.29) is 6.54 Å². The highest BCUT2D eigenvalue weighted by Crippen LogP contribution is 2.43. The Balaban J connectivity index is 1.64. The van der Waals surface area contributed by atoms with Crippen molar-refractivity contribution >= 4 is 17.6 Å². The summed E-state index contributed by atoms with van der Waals surface area (Å²) in [5, 5.41) is 7.38. The molecule has 1 N–H and O–H groups in total. The maximum Gasteiger partial charge on any atom is 0.433 e. The molecule has 1 aliphatic heterocycles. The van der Waals surface area contributed by atoms with Crippen molar-refractivity contribution in [3.05, 3.63) is 101 Å². The second-order valence-corrected chi connectivity index (χ2v) is 8.76. The van der Waals surface area contributed by atoms with Crippen LogP contribution in [-0.2, 0) is 11.0 Å². The molecule has 2 amide bonds. The van der Waals surface area contributed by atoms with E-state index < -0.39 is 41.5 Å². The van der Waals surface area contributed by atoms with Gasteiger partial charge in [-0.05, 0) is 37.6 Å². The van der Waals surface area contributed by atoms with Gasteiger partial charge in [-0.3, -0.25) is 14.5 Å². The van der Waals surface area contributed by atoms with Gasteiger partial charge in [0.2, 0.25) is 5.82 Å². The van der Waals surface area contributed by atoms with Gasteiger partial charge < -0.3 is 5.32 Å². The number of alkyl halides is 3. The normalized spacial score (nSPS) is 17.3. The first-order valence-electron chi connectivity index (χ1n) is 11.9. The fourth-order valence-corrected chi connectivity index (χ4v) is 4.78. The molecule has 3 heterocycles. The minimum atomic E-state index is -4.75. The molecule has 0 bridgehead atoms. The molecule has 11 heteroatoms. The minimum Gasteiger partial charge on any atom is -0.337 e. The van der Waals surface area contributed by atoms with E-state index in [4.69, 9.17) is 5.10 Å². The number of benzene rings is 2. The Bertz CT molecular complexity index is 1490. The number of hydrogen-bond acceptors (Lipinski definition) is 5. The molecule has 38 heavy (non-hydrogen) atoms. The molecule has 0 fully saturated rings. The second-order valence-electron chi connectivity index (χ2n) is 8.76. The zero-order chi connectivity index (χ0) is 27.0. The molecule has 2 atom stereocenters. The Morgan fingerprint density at radius 3 is 2.32 bits per heavy atom. The van der Waals surface area contributed by atoms with Gasteiger partial charge in [0.05, 0.1) is 11.4 Å². The van der Waals surface area contributed by atoms with Crippen molar-refractivity contribution in [2.75, 3.05) is 11.4 Å². The smallest absolute Gasteiger partial charge is 0.337 e. The SMILES string of the molecule is CCN1C(=O)[C@H](NC(=O)c2nccc(C(F)(F)F)n2)[C@@H](c2ccccc2)c2c(C)nn(-c3ccccc3)c21. The molecule has 8 nitrogen and oxygen atoms in total. The number of likely N-dealkylation sites (N-methyl/N-ethyl adjacent to an activating group) is 1. The summed E-state index contributed by atoms with van der Waals surface area (Å²) in [5.41, 5.74) is 1.64. The van der Waals surface area contributed by atoms with Crippen molar-refractivity contribution in [1.29, 1.82) is 0 Å². The van der Waals surface area contributed by atoms with Gasteiger partial charge in [-0.25, -0.2) is 14.6 Å². The van der Waals surface area contributed by atoms with Crippen molar-refractivity contribution < 1.29 is 22.8 Å². The van der Waals surface area contributed by atoms with Gasteiger partial charge >= 0.3 is 6.18 Å². The highest BCUT2D eigenvalue weighted by Gasteiger charge is 2.45. The average molecular weight is 521 g/mol. The third kappa shape index (κ3) is 4.40. The van der Waals surface area contributed by atoms with Crippen LogP contribution in [0.4, 0.5) is 19.0 Å². The molecule has 2 aromatic carbocycles. The summed E-state index contributed by atoms with van der Waals surface area (Å²) in [4.78, 5) is 35.7. The van der Waals surface area contributed by atoms with Gasteiger partial charge in [-0.2, -0.15) is 18.3 Å². The molecule has 0 saturated carbocycles. The topological polar surface area (TPSA) is 93.0 Å². The number of para-hydroxylation sites is 1. The molecule has 1 aliphatic rings. The number of rotatable bonds is 5. The molecular formula is C27H23F3N6O2. The third-order valence-electron chi connectivity index (χ3n) is 6.42. The first-order chi connectivity index (χ1) is 18.2. The Labute approximate surface area is 216 Å². The van der Waals surface area contributed by atoms with Gasteiger partial charge in [0.25, 0.3) is 11.8 Å². The number of aryl methyl sites for hydroxylation is 1. The second kappa shape index (κ2) is 9.73. The van der Waals surface area contributed by atoms with E-state index in [0.717, 1.165) is 23.0 Å². The number of carbonyl (C=O) groups is 2. The molecular weight excluding hydrogens is 497 g/mol. The molecule has 194 valence electrons. The monoisotopic (exact) mass is 520 g/mol. The standard InChI is InChI=1S/C27H23F3N6O2/c1-3-35-25-20(16(2)34-36(25)18-12-8-5-9-13-18)21(17-10-6-4-7-11-17)22(26(35)38)33-24(37)23-31-15-14-19(32-23)27(28,29)30/h4-15,21-22H,3H2,1-2H3,(H,33,37)/t21-,22+/m0/s1. The molecule has 5 rings (SSSR count). The molecule has 0 spiro atoms. The predicted molar refractivity (Wildman–Crippen MR) is 133 cm³/mol. The van der Waals surface area contributed by atoms with Crippen molar-refractivity contribution in [3.63, 3.8) is 0 Å². The van der Waals surface area contributed by atoms with E-state index in [1.807, 2.05) is 67.6 Å². The number of carbonyl (C=O) groups excluding carboxylic acids is 2. The molecule has 2 aromatic heterocycles. The van der Waals surface area contributed by atoms with Crippen LogP contribution in [0.15, 0.2) is 72.9 Å². The van der Waals surface area contributed by atoms with E-state index in [1.165, 1.54) is 4.90 Å². The minimum absolute atomic E-state index is 0.276. The lowest BCUT2D eigenvalue weighted by Crippen LogP contribution is -2.55. The number of nitrogens with zero attached hydrogens (tertiary/aromatic N) is 5. The number of amides is 2. The van der Waals surface area contributed by atoms with Crippen LogP contribution < -0.4 is 10.2 Å². The average Bonchev–Trinajstić information content (AvgIpc) is 3.26. The lowest BCUT2D eigenvalue weighted by atomic mass is 9.81. The van der Waals surface area contributed by atoms with Crippen LogP contribution in [0.25, 0.3) is 5.69 Å². The van der Waals surface area contributed by atoms with E-state index >= 15 is 0 Å². The number of fused-ring (bicyclic) bond motifs is 1. The Hall–Kier alpha value is -4.54. The lowest BCUT2D eigenvalue weighted by Gasteiger charge is -2.38. The number of aromatic nitrogens is 4. The third-order valence-corrected chi connectivity index (χ3v) is 6.42. The van der Waals surface area contributed by atoms with Crippen molar-refractivity contribution in [1.82, 2.24) is 25.1 Å². The van der Waals surface area contributed by atoms with Crippen LogP contribution in [0.3, 0.4) is 0 Å². The molecule has 0 saturated heterocycles. The summed E-state index contributed by atoms with van der Waals surface area (Å²) in [6, 6.07) is 18.0. The lowest BCUT2D eigenvalue weighted by molar-refractivity contribution is -0.141. The van der Waals surface area contributed by atoms with Crippen LogP contribution in [0, 0.1) is 6.92 Å². The summed E-state index contributed by atoms with van der Waals surface area (Å²) in [6.07, 6.45) is -3.88. The largest absolute Gasteiger partial charge is 0.433 e. The van der Waals surface area contributed by atoms with Crippen molar-refractivity contribution in [2.45, 2.75) is 32.0 Å². The summed E-state index contributed by atoms with van der Waals surface area (Å²) in [5.74, 6) is -2.16. The fourth-order valence-electron chi connectivity index (χ4n) is 4.78. The molecule has 0 aliphatic carbocycles. The summed E-state index contributed by atoms with van der Waals surface area (Å²) < 4.78 is 41.3. The van der Waals surface area contributed by atoms with Crippen LogP contribution in [0.1, 0.15) is 46.0 Å². The first-order valence-corrected chi connectivity index (χ1v) is 11.9. The highest BCUT2D eigenvalue weighted by molar-refractivity contribution is 6.04. The number of hydrogen-bond donors (Lipinski definition) is 1. The summed E-state index contributed by atoms with van der Waals surface area (Å²) in [6.45, 7) is 3.90. The van der Waals surface area contributed by atoms with Gasteiger partial charge in [-0.1, -0.05) is 48.5 Å². The zero-order valence-electron chi connectivity index (χ0n) is 20.5. The quantitative estimate of drug-likeness (QED) is 0.424. The Morgan fingerprint density at radius 2 is 1.68 bits per heavy atom. The van der Waals surface area contributed by atoms with E-state index in [0.29, 0.717) is 17.6 Å². The summed E-state index contributed by atoms with van der Waals surface area (Å²) in [7, 11) is 0. The number of halogens is 3. The van der Waals surface area contributed by atoms with Crippen LogP contribution in [0.2, 0.25) is 0 Å². The zero-order valence-corrected chi connectivity index (χ0v) is 20.5. The van der Waals surface area contributed by atoms with Gasteiger partial charge in [-0.15, -0.1) is 0 Å². The van der Waals surface area contributed by atoms with Crippen molar-refractivity contribution in [2.24, 2.45) is 0 Å². The Morgan fingerprint density at radius 1 is 1.03 bits per heavy atom. The fraction of sp³-hybridized carbons (Fsp3) is 0.222.